The van der Waals surface area contributed by atoms with Crippen LogP contribution in [0.2, 0.25) is 0 Å². The fraction of sp³-hybridized carbons (Fsp3) is 0.417. The van der Waals surface area contributed by atoms with Gasteiger partial charge in [-0.2, -0.15) is 0 Å². The summed E-state index contributed by atoms with van der Waals surface area (Å²) in [5, 5.41) is 12.7. The summed E-state index contributed by atoms with van der Waals surface area (Å²) in [5.41, 5.74) is 0.819. The van der Waals surface area contributed by atoms with Crippen molar-refractivity contribution in [3.63, 3.8) is 0 Å². The zero-order chi connectivity index (χ0) is 12.0. The molecule has 0 aliphatic rings. The fourth-order valence-electron chi connectivity index (χ4n) is 1.35. The van der Waals surface area contributed by atoms with E-state index in [2.05, 4.69) is 10.1 Å². The Kier molecular flexibility index (Phi) is 4.79. The van der Waals surface area contributed by atoms with Crippen LogP contribution < -0.4 is 5.32 Å². The number of benzene rings is 1. The van der Waals surface area contributed by atoms with E-state index in [4.69, 9.17) is 0 Å². The van der Waals surface area contributed by atoms with Gasteiger partial charge in [-0.15, -0.1) is 0 Å². The summed E-state index contributed by atoms with van der Waals surface area (Å²) in [7, 11) is 1.37. The molecule has 0 bridgehead atoms. The molecule has 16 heavy (non-hydrogen) atoms. The summed E-state index contributed by atoms with van der Waals surface area (Å²) in [4.78, 5) is 11.0. The molecule has 0 aliphatic heterocycles. The highest BCUT2D eigenvalue weighted by molar-refractivity contribution is 5.69. The highest BCUT2D eigenvalue weighted by Crippen LogP contribution is 2.15. The molecule has 1 aromatic rings. The highest BCUT2D eigenvalue weighted by atomic mass is 16.5. The molecule has 1 aromatic carbocycles. The van der Waals surface area contributed by atoms with Crippen molar-refractivity contribution in [2.75, 3.05) is 7.11 Å². The number of carbonyl (C=O) groups is 1. The smallest absolute Gasteiger partial charge is 0.307 e. The predicted molar refractivity (Wildman–Crippen MR) is 61.0 cm³/mol. The Labute approximate surface area is 95.2 Å². The third-order valence-electron chi connectivity index (χ3n) is 2.33. The topological polar surface area (TPSA) is 58.6 Å². The monoisotopic (exact) mass is 223 g/mol. The molecule has 0 fully saturated rings. The second-order valence-corrected chi connectivity index (χ2v) is 3.69. The second kappa shape index (κ2) is 6.12. The Hall–Kier alpha value is -1.55. The molecular formula is C12H17NO3. The third kappa shape index (κ3) is 3.90. The average Bonchev–Trinajstić information content (AvgIpc) is 2.28. The molecule has 0 amide bonds. The van der Waals surface area contributed by atoms with Gasteiger partial charge in [0.05, 0.1) is 13.5 Å². The lowest BCUT2D eigenvalue weighted by atomic mass is 10.1. The predicted octanol–water partition coefficient (Wildman–Crippen LogP) is 1.43. The number of hydrogen-bond donors (Lipinski definition) is 2. The zero-order valence-corrected chi connectivity index (χ0v) is 9.56. The van der Waals surface area contributed by atoms with Gasteiger partial charge >= 0.3 is 5.97 Å². The zero-order valence-electron chi connectivity index (χ0n) is 9.56. The number of carbonyl (C=O) groups excluding carboxylic acids is 1. The number of rotatable bonds is 5. The number of para-hydroxylation sites is 1. The quantitative estimate of drug-likeness (QED) is 0.741. The summed E-state index contributed by atoms with van der Waals surface area (Å²) < 4.78 is 4.57. The Balaban J connectivity index is 2.40. The summed E-state index contributed by atoms with van der Waals surface area (Å²) in [5.74, 6) is 0.0255. The maximum Gasteiger partial charge on any atom is 0.307 e. The van der Waals surface area contributed by atoms with E-state index in [0.29, 0.717) is 13.0 Å². The van der Waals surface area contributed by atoms with Gasteiger partial charge in [-0.1, -0.05) is 18.2 Å². The molecular weight excluding hydrogens is 206 g/mol. The van der Waals surface area contributed by atoms with Crippen molar-refractivity contribution in [1.29, 1.82) is 0 Å². The van der Waals surface area contributed by atoms with E-state index in [1.165, 1.54) is 7.11 Å². The van der Waals surface area contributed by atoms with E-state index in [9.17, 15) is 9.90 Å². The van der Waals surface area contributed by atoms with Gasteiger partial charge in [0.2, 0.25) is 0 Å². The fourth-order valence-corrected chi connectivity index (χ4v) is 1.35. The van der Waals surface area contributed by atoms with Crippen LogP contribution in [-0.4, -0.2) is 24.2 Å². The van der Waals surface area contributed by atoms with Crippen molar-refractivity contribution in [2.45, 2.75) is 25.9 Å². The number of hydrogen-bond acceptors (Lipinski definition) is 4. The van der Waals surface area contributed by atoms with E-state index in [0.717, 1.165) is 5.56 Å². The number of methoxy groups -OCH3 is 1. The summed E-state index contributed by atoms with van der Waals surface area (Å²) in [6.45, 7) is 2.43. The van der Waals surface area contributed by atoms with Gasteiger partial charge in [-0.25, -0.2) is 0 Å². The number of nitrogens with one attached hydrogen (secondary N) is 1. The summed E-state index contributed by atoms with van der Waals surface area (Å²) >= 11 is 0. The van der Waals surface area contributed by atoms with Crippen molar-refractivity contribution in [1.82, 2.24) is 5.32 Å². The maximum atomic E-state index is 11.0. The second-order valence-electron chi connectivity index (χ2n) is 3.69. The lowest BCUT2D eigenvalue weighted by molar-refractivity contribution is -0.141. The molecule has 0 saturated carbocycles. The van der Waals surface area contributed by atoms with Gasteiger partial charge in [-0.3, -0.25) is 4.79 Å². The molecule has 0 aromatic heterocycles. The van der Waals surface area contributed by atoms with Crippen molar-refractivity contribution in [3.8, 4) is 5.75 Å². The number of esters is 1. The third-order valence-corrected chi connectivity index (χ3v) is 2.33. The molecule has 1 atom stereocenters. The van der Waals surface area contributed by atoms with Gasteiger partial charge in [0.25, 0.3) is 0 Å². The van der Waals surface area contributed by atoms with Crippen LogP contribution in [-0.2, 0) is 16.1 Å². The number of aromatic hydroxyl groups is 1. The molecule has 4 heteroatoms. The first-order valence-corrected chi connectivity index (χ1v) is 5.20. The minimum Gasteiger partial charge on any atom is -0.508 e. The lowest BCUT2D eigenvalue weighted by Gasteiger charge is -2.13. The van der Waals surface area contributed by atoms with E-state index in [1.54, 1.807) is 12.1 Å². The highest BCUT2D eigenvalue weighted by Gasteiger charge is 2.09. The normalized spacial score (nSPS) is 12.1. The molecule has 0 spiro atoms. The SMILES string of the molecule is COC(=O)CC(C)NCc1ccccc1O. The standard InChI is InChI=1S/C12H17NO3/c1-9(7-12(15)16-2)13-8-10-5-3-4-6-11(10)14/h3-6,9,13-14H,7-8H2,1-2H3. The lowest BCUT2D eigenvalue weighted by Crippen LogP contribution is -2.28. The molecule has 4 nitrogen and oxygen atoms in total. The van der Waals surface area contributed by atoms with Crippen LogP contribution in [0, 0.1) is 0 Å². The largest absolute Gasteiger partial charge is 0.508 e. The van der Waals surface area contributed by atoms with Crippen molar-refractivity contribution < 1.29 is 14.6 Å². The van der Waals surface area contributed by atoms with Crippen LogP contribution >= 0.6 is 0 Å². The van der Waals surface area contributed by atoms with Gasteiger partial charge in [0.1, 0.15) is 5.75 Å². The number of phenols is 1. The molecule has 0 aliphatic carbocycles. The van der Waals surface area contributed by atoms with E-state index in [-0.39, 0.29) is 17.8 Å². The molecule has 88 valence electrons. The van der Waals surface area contributed by atoms with Gasteiger partial charge in [0.15, 0.2) is 0 Å². The summed E-state index contributed by atoms with van der Waals surface area (Å²) in [6.07, 6.45) is 0.324. The first-order valence-electron chi connectivity index (χ1n) is 5.20. The van der Waals surface area contributed by atoms with Crippen molar-refractivity contribution >= 4 is 5.97 Å². The van der Waals surface area contributed by atoms with Gasteiger partial charge in [-0.05, 0) is 13.0 Å². The van der Waals surface area contributed by atoms with Crippen LogP contribution in [0.3, 0.4) is 0 Å². The Bertz CT molecular complexity index is 352. The molecule has 1 rings (SSSR count). The van der Waals surface area contributed by atoms with Gasteiger partial charge in [0, 0.05) is 18.2 Å². The van der Waals surface area contributed by atoms with Crippen LogP contribution in [0.5, 0.6) is 5.75 Å². The minimum absolute atomic E-state index is 0.0204. The summed E-state index contributed by atoms with van der Waals surface area (Å²) in [6, 6.07) is 7.14. The molecule has 0 saturated heterocycles. The molecule has 2 N–H and O–H groups in total. The van der Waals surface area contributed by atoms with Crippen molar-refractivity contribution in [2.24, 2.45) is 0 Å². The van der Waals surface area contributed by atoms with Crippen LogP contribution in [0.4, 0.5) is 0 Å². The first-order chi connectivity index (χ1) is 7.63. The Morgan fingerprint density at radius 3 is 2.81 bits per heavy atom. The average molecular weight is 223 g/mol. The van der Waals surface area contributed by atoms with Gasteiger partial charge < -0.3 is 15.2 Å². The Morgan fingerprint density at radius 2 is 2.19 bits per heavy atom. The van der Waals surface area contributed by atoms with Crippen LogP contribution in [0.15, 0.2) is 24.3 Å². The van der Waals surface area contributed by atoms with Crippen LogP contribution in [0.1, 0.15) is 18.9 Å². The Morgan fingerprint density at radius 1 is 1.50 bits per heavy atom. The first kappa shape index (κ1) is 12.5. The minimum atomic E-state index is -0.239. The number of ether oxygens (including phenoxy) is 1. The molecule has 1 unspecified atom stereocenters. The molecule has 0 radical (unpaired) electrons. The van der Waals surface area contributed by atoms with E-state index >= 15 is 0 Å². The number of phenolic OH excluding ortho intramolecular Hbond substituents is 1. The molecule has 0 heterocycles. The van der Waals surface area contributed by atoms with Crippen LogP contribution in [0.25, 0.3) is 0 Å². The van der Waals surface area contributed by atoms with Crippen molar-refractivity contribution in [3.05, 3.63) is 29.8 Å². The van der Waals surface area contributed by atoms with E-state index in [1.807, 2.05) is 19.1 Å². The van der Waals surface area contributed by atoms with E-state index < -0.39 is 0 Å². The maximum absolute atomic E-state index is 11.0.